The molecule has 0 fully saturated rings. The molecule has 6 nitrogen and oxygen atoms in total. The van der Waals surface area contributed by atoms with E-state index in [0.29, 0.717) is 19.3 Å². The Morgan fingerprint density at radius 1 is 0.276 bits per heavy atom. The Balaban J connectivity index is 4.18. The lowest BCUT2D eigenvalue weighted by atomic mass is 10.0. The number of esters is 3. The van der Waals surface area contributed by atoms with E-state index in [-0.39, 0.29) is 31.1 Å². The molecular formula is C70H124O6. The molecule has 0 saturated heterocycles. The minimum absolute atomic E-state index is 0.0719. The van der Waals surface area contributed by atoms with Crippen molar-refractivity contribution in [2.24, 2.45) is 0 Å². The fraction of sp³-hybridized carbons (Fsp3) is 0.786. The molecule has 440 valence electrons. The first-order valence-electron chi connectivity index (χ1n) is 32.9. The lowest BCUT2D eigenvalue weighted by Gasteiger charge is -2.18. The summed E-state index contributed by atoms with van der Waals surface area (Å²) in [5.41, 5.74) is 0. The molecule has 0 aromatic rings. The second kappa shape index (κ2) is 64.4. The third-order valence-electron chi connectivity index (χ3n) is 14.4. The molecular weight excluding hydrogens is 937 g/mol. The molecule has 1 atom stereocenters. The Morgan fingerprint density at radius 2 is 0.513 bits per heavy atom. The van der Waals surface area contributed by atoms with Crippen LogP contribution in [0.4, 0.5) is 0 Å². The van der Waals surface area contributed by atoms with E-state index < -0.39 is 6.10 Å². The highest BCUT2D eigenvalue weighted by atomic mass is 16.6. The minimum Gasteiger partial charge on any atom is -0.462 e. The highest BCUT2D eigenvalue weighted by Gasteiger charge is 2.19. The monoisotopic (exact) mass is 1060 g/mol. The predicted molar refractivity (Wildman–Crippen MR) is 330 cm³/mol. The molecule has 76 heavy (non-hydrogen) atoms. The van der Waals surface area contributed by atoms with Gasteiger partial charge in [-0.05, 0) is 89.9 Å². The van der Waals surface area contributed by atoms with E-state index in [9.17, 15) is 14.4 Å². The van der Waals surface area contributed by atoms with E-state index in [2.05, 4.69) is 93.7 Å². The van der Waals surface area contributed by atoms with Gasteiger partial charge in [-0.1, -0.05) is 299 Å². The average Bonchev–Trinajstić information content (AvgIpc) is 3.42. The topological polar surface area (TPSA) is 78.9 Å². The first kappa shape index (κ1) is 72.8. The van der Waals surface area contributed by atoms with Gasteiger partial charge in [0.2, 0.25) is 0 Å². The number of unbranched alkanes of at least 4 members (excludes halogenated alkanes) is 37. The van der Waals surface area contributed by atoms with Crippen molar-refractivity contribution in [3.63, 3.8) is 0 Å². The highest BCUT2D eigenvalue weighted by molar-refractivity contribution is 5.71. The molecule has 0 aromatic carbocycles. The zero-order valence-corrected chi connectivity index (χ0v) is 50.5. The number of hydrogen-bond donors (Lipinski definition) is 0. The smallest absolute Gasteiger partial charge is 0.306 e. The fourth-order valence-electron chi connectivity index (χ4n) is 9.53. The lowest BCUT2D eigenvalue weighted by molar-refractivity contribution is -0.167. The van der Waals surface area contributed by atoms with Gasteiger partial charge in [0.05, 0.1) is 0 Å². The minimum atomic E-state index is -0.774. The Hall–Kier alpha value is -3.15. The normalized spacial score (nSPS) is 12.5. The van der Waals surface area contributed by atoms with Crippen LogP contribution in [-0.2, 0) is 28.6 Å². The second-order valence-electron chi connectivity index (χ2n) is 22.0. The van der Waals surface area contributed by atoms with Crippen molar-refractivity contribution in [3.05, 3.63) is 72.9 Å². The van der Waals surface area contributed by atoms with Crippen LogP contribution in [0.5, 0.6) is 0 Å². The zero-order valence-electron chi connectivity index (χ0n) is 50.5. The van der Waals surface area contributed by atoms with Crippen LogP contribution in [0.3, 0.4) is 0 Å². The summed E-state index contributed by atoms with van der Waals surface area (Å²) in [6.45, 7) is 6.55. The van der Waals surface area contributed by atoms with Gasteiger partial charge in [0, 0.05) is 19.3 Å². The van der Waals surface area contributed by atoms with Crippen molar-refractivity contribution in [2.75, 3.05) is 13.2 Å². The van der Waals surface area contributed by atoms with Crippen molar-refractivity contribution in [2.45, 2.75) is 341 Å². The van der Waals surface area contributed by atoms with Crippen LogP contribution >= 0.6 is 0 Å². The molecule has 0 amide bonds. The van der Waals surface area contributed by atoms with Crippen molar-refractivity contribution in [3.8, 4) is 0 Å². The van der Waals surface area contributed by atoms with Gasteiger partial charge in [-0.25, -0.2) is 0 Å². The average molecular weight is 1060 g/mol. The molecule has 0 saturated carbocycles. The number of ether oxygens (including phenoxy) is 3. The lowest BCUT2D eigenvalue weighted by Crippen LogP contribution is -2.30. The molecule has 0 N–H and O–H groups in total. The van der Waals surface area contributed by atoms with Crippen LogP contribution in [0.2, 0.25) is 0 Å². The van der Waals surface area contributed by atoms with Crippen LogP contribution in [0.1, 0.15) is 335 Å². The molecule has 0 radical (unpaired) electrons. The summed E-state index contributed by atoms with van der Waals surface area (Å²) in [4.78, 5) is 38.2. The van der Waals surface area contributed by atoms with Gasteiger partial charge >= 0.3 is 17.9 Å². The van der Waals surface area contributed by atoms with Gasteiger partial charge in [-0.3, -0.25) is 14.4 Å². The predicted octanol–water partition coefficient (Wildman–Crippen LogP) is 22.5. The van der Waals surface area contributed by atoms with E-state index in [1.54, 1.807) is 0 Å². The zero-order chi connectivity index (χ0) is 55.0. The molecule has 0 rings (SSSR count). The number of carbonyl (C=O) groups excluding carboxylic acids is 3. The van der Waals surface area contributed by atoms with Gasteiger partial charge in [0.25, 0.3) is 0 Å². The number of rotatable bonds is 60. The Labute approximate surface area is 472 Å². The summed E-state index contributed by atoms with van der Waals surface area (Å²) in [5, 5.41) is 0. The first-order valence-corrected chi connectivity index (χ1v) is 32.9. The van der Waals surface area contributed by atoms with Gasteiger partial charge in [-0.2, -0.15) is 0 Å². The SMILES string of the molecule is CC/C=C\C/C=C\C/C=C\C/C=C\C/C=C\CCCCCCCCCCCCCCCC(=O)OCC(COC(=O)CCCCCCCCCCCC)OC(=O)CCCCCCCCCCC/C=C\CCCCCCCC. The van der Waals surface area contributed by atoms with Crippen LogP contribution in [0.15, 0.2) is 72.9 Å². The number of hydrogen-bond acceptors (Lipinski definition) is 6. The molecule has 0 heterocycles. The third-order valence-corrected chi connectivity index (χ3v) is 14.4. The maximum absolute atomic E-state index is 12.9. The van der Waals surface area contributed by atoms with Crippen molar-refractivity contribution >= 4 is 17.9 Å². The Bertz CT molecular complexity index is 1400. The van der Waals surface area contributed by atoms with Crippen LogP contribution in [0.25, 0.3) is 0 Å². The maximum atomic E-state index is 12.9. The van der Waals surface area contributed by atoms with E-state index in [4.69, 9.17) is 14.2 Å². The standard InChI is InChI=1S/C70H124O6/c1-4-7-10-13-16-19-22-24-26-28-30-31-32-33-34-35-36-37-38-39-41-42-44-46-48-51-54-57-60-63-69(72)75-66-67(65-74-68(71)62-59-56-53-50-21-18-15-12-9-6-3)76-70(73)64-61-58-55-52-49-47-45-43-40-29-27-25-23-20-17-14-11-8-5-2/h7,10,16,19,24-27,30-31,33-34,67H,4-6,8-9,11-15,17-18,20-23,28-29,32,35-66H2,1-3H3/b10-7-,19-16-,26-24-,27-25-,31-30-,34-33-. The van der Waals surface area contributed by atoms with E-state index in [1.165, 1.54) is 205 Å². The molecule has 0 aliphatic carbocycles. The summed E-state index contributed by atoms with van der Waals surface area (Å²) in [6.07, 6.45) is 83.5. The van der Waals surface area contributed by atoms with Crippen molar-refractivity contribution in [1.82, 2.24) is 0 Å². The van der Waals surface area contributed by atoms with Crippen LogP contribution in [-0.4, -0.2) is 37.2 Å². The molecule has 0 aromatic heterocycles. The van der Waals surface area contributed by atoms with E-state index in [1.807, 2.05) is 0 Å². The fourth-order valence-corrected chi connectivity index (χ4v) is 9.53. The summed E-state index contributed by atoms with van der Waals surface area (Å²) < 4.78 is 16.9. The molecule has 6 heteroatoms. The summed E-state index contributed by atoms with van der Waals surface area (Å²) >= 11 is 0. The van der Waals surface area contributed by atoms with Gasteiger partial charge in [0.15, 0.2) is 6.10 Å². The Kier molecular flexibility index (Phi) is 61.7. The maximum Gasteiger partial charge on any atom is 0.306 e. The molecule has 0 bridgehead atoms. The van der Waals surface area contributed by atoms with Crippen molar-refractivity contribution in [1.29, 1.82) is 0 Å². The van der Waals surface area contributed by atoms with Gasteiger partial charge in [-0.15, -0.1) is 0 Å². The van der Waals surface area contributed by atoms with E-state index >= 15 is 0 Å². The van der Waals surface area contributed by atoms with Gasteiger partial charge < -0.3 is 14.2 Å². The summed E-state index contributed by atoms with van der Waals surface area (Å²) in [7, 11) is 0. The molecule has 1 unspecified atom stereocenters. The van der Waals surface area contributed by atoms with Crippen LogP contribution < -0.4 is 0 Å². The first-order chi connectivity index (χ1) is 37.5. The number of carbonyl (C=O) groups is 3. The molecule has 0 aliphatic rings. The van der Waals surface area contributed by atoms with Crippen molar-refractivity contribution < 1.29 is 28.6 Å². The summed E-state index contributed by atoms with van der Waals surface area (Å²) in [6, 6.07) is 0. The number of allylic oxidation sites excluding steroid dienone is 12. The molecule has 0 spiro atoms. The third kappa shape index (κ3) is 61.7. The summed E-state index contributed by atoms with van der Waals surface area (Å²) in [5.74, 6) is -0.860. The molecule has 0 aliphatic heterocycles. The highest BCUT2D eigenvalue weighted by Crippen LogP contribution is 2.17. The Morgan fingerprint density at radius 3 is 0.816 bits per heavy atom. The van der Waals surface area contributed by atoms with E-state index in [0.717, 1.165) is 89.9 Å². The quantitative estimate of drug-likeness (QED) is 0.0261. The van der Waals surface area contributed by atoms with Crippen LogP contribution in [0, 0.1) is 0 Å². The largest absolute Gasteiger partial charge is 0.462 e. The second-order valence-corrected chi connectivity index (χ2v) is 22.0. The van der Waals surface area contributed by atoms with Gasteiger partial charge in [0.1, 0.15) is 13.2 Å².